The molecule has 2 heterocycles. The first kappa shape index (κ1) is 22.7. The Hall–Kier alpha value is -2.71. The van der Waals surface area contributed by atoms with E-state index in [4.69, 9.17) is 4.74 Å². The number of rotatable bonds is 6. The molecule has 1 aromatic heterocycles. The molecule has 8 heteroatoms. The molecule has 2 saturated carbocycles. The van der Waals surface area contributed by atoms with Gasteiger partial charge in [0.1, 0.15) is 12.0 Å². The molecule has 6 rings (SSSR count). The third-order valence-electron chi connectivity index (χ3n) is 9.22. The van der Waals surface area contributed by atoms with Crippen LogP contribution >= 0.6 is 0 Å². The van der Waals surface area contributed by atoms with Gasteiger partial charge in [-0.25, -0.2) is 9.82 Å². The largest absolute Gasteiger partial charge is 0.480 e. The van der Waals surface area contributed by atoms with Gasteiger partial charge in [0.25, 0.3) is 0 Å². The number of ether oxygens (including phenoxy) is 1. The first-order chi connectivity index (χ1) is 17.0. The molecule has 0 spiro atoms. The minimum absolute atomic E-state index is 0.125. The van der Waals surface area contributed by atoms with Crippen LogP contribution in [0.2, 0.25) is 0 Å². The highest BCUT2D eigenvalue weighted by Crippen LogP contribution is 2.65. The van der Waals surface area contributed by atoms with Crippen LogP contribution in [0, 0.1) is 29.0 Å². The Kier molecular flexibility index (Phi) is 5.68. The molecule has 4 aliphatic rings. The molecule has 0 bridgehead atoms. The van der Waals surface area contributed by atoms with Crippen LogP contribution in [0.1, 0.15) is 56.1 Å². The number of aromatic nitrogens is 2. The summed E-state index contributed by atoms with van der Waals surface area (Å²) in [4.78, 5) is 0. The lowest BCUT2D eigenvalue weighted by Crippen LogP contribution is -2.50. The Morgan fingerprint density at radius 1 is 1.26 bits per heavy atom. The minimum atomic E-state index is -0.708. The van der Waals surface area contributed by atoms with Crippen molar-refractivity contribution in [2.24, 2.45) is 23.2 Å². The highest BCUT2D eigenvalue weighted by atomic mass is 19.1. The number of anilines is 1. The average molecular weight is 480 g/mol. The number of nitrogens with one attached hydrogen (secondary N) is 3. The molecule has 7 nitrogen and oxygen atoms in total. The number of aliphatic hydroxyl groups excluding tert-OH is 1. The number of nitrogens with zero attached hydrogens (tertiary/aromatic N) is 2. The summed E-state index contributed by atoms with van der Waals surface area (Å²) in [6.45, 7) is 2.45. The molecule has 1 aromatic carbocycles. The van der Waals surface area contributed by atoms with Gasteiger partial charge >= 0.3 is 0 Å². The summed E-state index contributed by atoms with van der Waals surface area (Å²) >= 11 is 0. The summed E-state index contributed by atoms with van der Waals surface area (Å²) in [5.74, 6) is 2.83. The minimum Gasteiger partial charge on any atom is -0.480 e. The molecule has 3 aliphatic carbocycles. The number of hydrogen-bond donors (Lipinski definition) is 4. The molecule has 5 unspecified atom stereocenters. The molecule has 0 saturated heterocycles. The smallest absolute Gasteiger partial charge is 0.233 e. The maximum absolute atomic E-state index is 13.9. The number of hydrogen-bond acceptors (Lipinski definition) is 7. The Balaban J connectivity index is 1.22. The summed E-state index contributed by atoms with van der Waals surface area (Å²) in [7, 11) is 1.55. The van der Waals surface area contributed by atoms with Gasteiger partial charge in [-0.3, -0.25) is 0 Å². The lowest BCUT2D eigenvalue weighted by Gasteiger charge is -2.52. The van der Waals surface area contributed by atoms with Crippen LogP contribution in [-0.2, 0) is 6.42 Å². The lowest BCUT2D eigenvalue weighted by atomic mass is 9.53. The van der Waals surface area contributed by atoms with E-state index >= 15 is 0 Å². The molecule has 35 heavy (non-hydrogen) atoms. The molecule has 186 valence electrons. The van der Waals surface area contributed by atoms with Gasteiger partial charge in [-0.2, -0.15) is 0 Å². The lowest BCUT2D eigenvalue weighted by molar-refractivity contribution is 0.0153. The molecular formula is C27H34FN5O2. The topological polar surface area (TPSA) is 91.3 Å². The zero-order valence-electron chi connectivity index (χ0n) is 20.3. The molecule has 0 radical (unpaired) electrons. The van der Waals surface area contributed by atoms with E-state index in [0.717, 1.165) is 32.1 Å². The molecule has 0 amide bonds. The van der Waals surface area contributed by atoms with Crippen LogP contribution in [0.15, 0.2) is 42.1 Å². The van der Waals surface area contributed by atoms with Crippen LogP contribution in [0.4, 0.5) is 10.2 Å². The monoisotopic (exact) mass is 479 g/mol. The fraction of sp³-hybridized carbons (Fsp3) is 0.556. The number of hydrazine groups is 1. The second kappa shape index (κ2) is 8.75. The number of halogens is 1. The third kappa shape index (κ3) is 3.78. The molecule has 1 aliphatic heterocycles. The van der Waals surface area contributed by atoms with Crippen molar-refractivity contribution in [3.8, 4) is 5.88 Å². The molecule has 2 aromatic rings. The zero-order chi connectivity index (χ0) is 24.2. The maximum atomic E-state index is 13.9. The molecule has 2 fully saturated rings. The van der Waals surface area contributed by atoms with Gasteiger partial charge in [0.15, 0.2) is 5.82 Å². The summed E-state index contributed by atoms with van der Waals surface area (Å²) < 4.78 is 19.0. The summed E-state index contributed by atoms with van der Waals surface area (Å²) in [5, 5.41) is 21.9. The van der Waals surface area contributed by atoms with Crippen molar-refractivity contribution in [2.45, 2.75) is 63.6 Å². The summed E-state index contributed by atoms with van der Waals surface area (Å²) in [5.41, 5.74) is 11.0. The highest BCUT2D eigenvalue weighted by Gasteiger charge is 2.61. The van der Waals surface area contributed by atoms with Gasteiger partial charge < -0.3 is 20.6 Å². The second-order valence-electron chi connectivity index (χ2n) is 10.9. The highest BCUT2D eigenvalue weighted by molar-refractivity contribution is 5.39. The van der Waals surface area contributed by atoms with Crippen molar-refractivity contribution in [3.63, 3.8) is 0 Å². The van der Waals surface area contributed by atoms with Crippen molar-refractivity contribution >= 4 is 5.82 Å². The van der Waals surface area contributed by atoms with Gasteiger partial charge in [0, 0.05) is 12.3 Å². The Morgan fingerprint density at radius 3 is 2.94 bits per heavy atom. The van der Waals surface area contributed by atoms with E-state index in [9.17, 15) is 9.50 Å². The maximum Gasteiger partial charge on any atom is 0.233 e. The Bertz CT molecular complexity index is 1130. The number of fused-ring (bicyclic) bond motifs is 7. The van der Waals surface area contributed by atoms with Gasteiger partial charge in [-0.15, -0.1) is 10.2 Å². The molecule has 4 N–H and O–H groups in total. The summed E-state index contributed by atoms with van der Waals surface area (Å²) in [6, 6.07) is 9.24. The van der Waals surface area contributed by atoms with Crippen molar-refractivity contribution in [3.05, 3.63) is 59.0 Å². The fourth-order valence-corrected chi connectivity index (χ4v) is 7.80. The predicted molar refractivity (Wildman–Crippen MR) is 131 cm³/mol. The van der Waals surface area contributed by atoms with Gasteiger partial charge in [-0.05, 0) is 103 Å². The fourth-order valence-electron chi connectivity index (χ4n) is 7.80. The van der Waals surface area contributed by atoms with E-state index in [2.05, 4.69) is 39.5 Å². The Labute approximate surface area is 205 Å². The van der Waals surface area contributed by atoms with E-state index in [1.165, 1.54) is 16.7 Å². The number of benzene rings is 1. The first-order valence-corrected chi connectivity index (χ1v) is 12.8. The first-order valence-electron chi connectivity index (χ1n) is 12.8. The van der Waals surface area contributed by atoms with Crippen molar-refractivity contribution in [1.82, 2.24) is 21.0 Å². The van der Waals surface area contributed by atoms with Gasteiger partial charge in [0.05, 0.1) is 13.2 Å². The van der Waals surface area contributed by atoms with Gasteiger partial charge in [0.2, 0.25) is 5.88 Å². The zero-order valence-corrected chi connectivity index (χ0v) is 20.3. The van der Waals surface area contributed by atoms with Crippen LogP contribution in [0.5, 0.6) is 5.88 Å². The predicted octanol–water partition coefficient (Wildman–Crippen LogP) is 3.89. The summed E-state index contributed by atoms with van der Waals surface area (Å²) in [6.07, 6.45) is 7.31. The third-order valence-corrected chi connectivity index (χ3v) is 9.22. The van der Waals surface area contributed by atoms with Crippen LogP contribution in [-0.4, -0.2) is 34.7 Å². The van der Waals surface area contributed by atoms with Crippen LogP contribution < -0.4 is 20.9 Å². The molecular weight excluding hydrogens is 445 g/mol. The van der Waals surface area contributed by atoms with Gasteiger partial charge in [-0.1, -0.05) is 13.0 Å². The van der Waals surface area contributed by atoms with Crippen molar-refractivity contribution in [2.75, 3.05) is 12.4 Å². The Morgan fingerprint density at radius 2 is 2.14 bits per heavy atom. The SMILES string of the molecule is COc1ccc(NC(O)CC[C@@H]2C3=CNNC3[C@@]3(C)CCC4c5ccc(F)cc5CCC4C23)nn1. The van der Waals surface area contributed by atoms with E-state index in [0.29, 0.717) is 47.8 Å². The number of aryl methyl sites for hydroxylation is 1. The standard InChI is InChI=1S/C27H34FN5O2/c1-27-12-11-18-17-6-4-16(28)13-15(17)3-5-19(18)25(27)20(21-14-29-33-26(21)27)7-9-23(34)30-22-8-10-24(35-2)32-31-22/h4,6,8,10,13-14,18-20,23,25-26,29,33-34H,3,5,7,9,11-12H2,1-2H3,(H,30,31)/t18?,19?,20-,23?,25?,26?,27+/m1/s1. The van der Waals surface area contributed by atoms with Crippen molar-refractivity contribution < 1.29 is 14.2 Å². The normalized spacial score (nSPS) is 33.5. The van der Waals surface area contributed by atoms with E-state index in [-0.39, 0.29) is 11.2 Å². The number of aliphatic hydroxyl groups is 1. The van der Waals surface area contributed by atoms with E-state index < -0.39 is 6.23 Å². The van der Waals surface area contributed by atoms with E-state index in [1.807, 2.05) is 6.07 Å². The average Bonchev–Trinajstić information content (AvgIpc) is 3.44. The molecule has 7 atom stereocenters. The second-order valence-corrected chi connectivity index (χ2v) is 10.9. The van der Waals surface area contributed by atoms with Crippen LogP contribution in [0.3, 0.4) is 0 Å². The van der Waals surface area contributed by atoms with Crippen molar-refractivity contribution in [1.29, 1.82) is 0 Å². The number of methoxy groups -OCH3 is 1. The van der Waals surface area contributed by atoms with E-state index in [1.54, 1.807) is 31.4 Å². The quantitative estimate of drug-likeness (QED) is 0.467. The van der Waals surface area contributed by atoms with Crippen LogP contribution in [0.25, 0.3) is 0 Å².